The molecule has 1 amide bonds. The standard InChI is InChI=1S/C32H34F6N4O2/c1-2-26-21-44-14-13-41(26)10-6-5-9-40-11-12-42(27(20-40)17-23-19-39-29-8-4-3-7-28(23)29)30(43)22-15-24(31(33,34)35)18-25(16-22)32(36,37)38/h3-4,7-8,15-16,18-19,26-27,39H,2,9-14,17,20-21H2,1H3/t26-,27-/m1/s1. The highest BCUT2D eigenvalue weighted by atomic mass is 19.4. The molecule has 6 nitrogen and oxygen atoms in total. The van der Waals surface area contributed by atoms with Gasteiger partial charge in [0.2, 0.25) is 0 Å². The van der Waals surface area contributed by atoms with Crippen molar-refractivity contribution in [1.82, 2.24) is 19.7 Å². The second-order valence-electron chi connectivity index (χ2n) is 11.2. The van der Waals surface area contributed by atoms with Crippen LogP contribution >= 0.6 is 0 Å². The number of benzene rings is 2. The van der Waals surface area contributed by atoms with Gasteiger partial charge in [-0.3, -0.25) is 14.6 Å². The van der Waals surface area contributed by atoms with Gasteiger partial charge in [0, 0.05) is 60.9 Å². The van der Waals surface area contributed by atoms with Crippen LogP contribution in [0.15, 0.2) is 48.7 Å². The Hall–Kier alpha value is -3.53. The average molecular weight is 621 g/mol. The van der Waals surface area contributed by atoms with Crippen molar-refractivity contribution in [2.45, 2.75) is 44.2 Å². The number of ether oxygens (including phenoxy) is 1. The number of rotatable bonds is 6. The van der Waals surface area contributed by atoms with Gasteiger partial charge in [0.15, 0.2) is 0 Å². The Labute approximate surface area is 251 Å². The second kappa shape index (κ2) is 13.2. The lowest BCUT2D eigenvalue weighted by atomic mass is 9.98. The van der Waals surface area contributed by atoms with Gasteiger partial charge in [-0.25, -0.2) is 0 Å². The van der Waals surface area contributed by atoms with Crippen LogP contribution in [-0.4, -0.2) is 90.2 Å². The largest absolute Gasteiger partial charge is 0.416 e. The SMILES string of the molecule is CC[C@@H]1COCCN1CC#CCN1CCN(C(=O)c2cc(C(F)(F)F)cc(C(F)(F)F)c2)[C@H](Cc2c[nH]c3ccccc23)C1. The van der Waals surface area contributed by atoms with E-state index in [-0.39, 0.29) is 12.6 Å². The van der Waals surface area contributed by atoms with Gasteiger partial charge < -0.3 is 14.6 Å². The van der Waals surface area contributed by atoms with Crippen LogP contribution in [0.5, 0.6) is 0 Å². The van der Waals surface area contributed by atoms with Crippen LogP contribution in [-0.2, 0) is 23.5 Å². The van der Waals surface area contributed by atoms with E-state index in [1.165, 1.54) is 4.90 Å². The lowest BCUT2D eigenvalue weighted by Crippen LogP contribution is -2.56. The molecule has 12 heteroatoms. The number of fused-ring (bicyclic) bond motifs is 1. The van der Waals surface area contributed by atoms with E-state index in [0.29, 0.717) is 64.0 Å². The molecule has 3 aromatic rings. The Kier molecular flexibility index (Phi) is 9.58. The zero-order valence-electron chi connectivity index (χ0n) is 24.3. The molecule has 2 aliphatic rings. The first-order chi connectivity index (χ1) is 20.9. The number of amides is 1. The highest BCUT2D eigenvalue weighted by Crippen LogP contribution is 2.37. The van der Waals surface area contributed by atoms with Crippen LogP contribution < -0.4 is 0 Å². The third kappa shape index (κ3) is 7.39. The monoisotopic (exact) mass is 620 g/mol. The van der Waals surface area contributed by atoms with Crippen molar-refractivity contribution >= 4 is 16.8 Å². The van der Waals surface area contributed by atoms with Crippen LogP contribution in [0.25, 0.3) is 10.9 Å². The van der Waals surface area contributed by atoms with Gasteiger partial charge in [-0.1, -0.05) is 37.0 Å². The molecule has 0 bridgehead atoms. The Morgan fingerprint density at radius 2 is 1.66 bits per heavy atom. The van der Waals surface area contributed by atoms with E-state index in [1.807, 2.05) is 30.5 Å². The minimum atomic E-state index is -5.05. The molecule has 3 heterocycles. The maximum Gasteiger partial charge on any atom is 0.416 e. The molecule has 236 valence electrons. The summed E-state index contributed by atoms with van der Waals surface area (Å²) in [6.45, 7) is 6.17. The van der Waals surface area contributed by atoms with E-state index in [1.54, 1.807) is 0 Å². The number of H-pyrrole nitrogens is 1. The molecule has 0 unspecified atom stereocenters. The highest BCUT2D eigenvalue weighted by Gasteiger charge is 2.39. The molecule has 0 aliphatic carbocycles. The number of alkyl halides is 6. The molecule has 2 fully saturated rings. The van der Waals surface area contributed by atoms with Gasteiger partial charge in [0.05, 0.1) is 37.4 Å². The summed E-state index contributed by atoms with van der Waals surface area (Å²) in [7, 11) is 0. The fourth-order valence-electron chi connectivity index (χ4n) is 5.90. The van der Waals surface area contributed by atoms with Crippen molar-refractivity contribution in [3.63, 3.8) is 0 Å². The van der Waals surface area contributed by atoms with Crippen molar-refractivity contribution in [3.05, 3.63) is 70.9 Å². The van der Waals surface area contributed by atoms with Crippen molar-refractivity contribution in [2.75, 3.05) is 52.5 Å². The van der Waals surface area contributed by atoms with Gasteiger partial charge >= 0.3 is 12.4 Å². The van der Waals surface area contributed by atoms with Crippen LogP contribution in [0.4, 0.5) is 26.3 Å². The number of piperazine rings is 1. The lowest BCUT2D eigenvalue weighted by Gasteiger charge is -2.41. The Morgan fingerprint density at radius 1 is 0.955 bits per heavy atom. The van der Waals surface area contributed by atoms with Crippen LogP contribution in [0, 0.1) is 11.8 Å². The van der Waals surface area contributed by atoms with E-state index in [0.717, 1.165) is 29.4 Å². The minimum absolute atomic E-state index is 0.0381. The van der Waals surface area contributed by atoms with Crippen molar-refractivity contribution in [3.8, 4) is 11.8 Å². The first kappa shape index (κ1) is 31.9. The maximum absolute atomic E-state index is 13.7. The number of hydrogen-bond acceptors (Lipinski definition) is 4. The molecule has 2 aliphatic heterocycles. The second-order valence-corrected chi connectivity index (χ2v) is 11.2. The molecule has 0 spiro atoms. The summed E-state index contributed by atoms with van der Waals surface area (Å²) in [5.41, 5.74) is -1.87. The summed E-state index contributed by atoms with van der Waals surface area (Å²) in [4.78, 5) is 22.6. The summed E-state index contributed by atoms with van der Waals surface area (Å²) < 4.78 is 86.9. The Balaban J connectivity index is 1.38. The fourth-order valence-corrected chi connectivity index (χ4v) is 5.90. The number of morpholine rings is 1. The van der Waals surface area contributed by atoms with Crippen molar-refractivity contribution < 1.29 is 35.9 Å². The number of halogens is 6. The first-order valence-electron chi connectivity index (χ1n) is 14.6. The van der Waals surface area contributed by atoms with E-state index in [9.17, 15) is 31.1 Å². The van der Waals surface area contributed by atoms with Gasteiger partial charge in [-0.05, 0) is 42.7 Å². The number of carbonyl (C=O) groups excluding carboxylic acids is 1. The molecular weight excluding hydrogens is 586 g/mol. The number of carbonyl (C=O) groups is 1. The number of hydrogen-bond donors (Lipinski definition) is 1. The summed E-state index contributed by atoms with van der Waals surface area (Å²) in [5.74, 6) is 5.58. The number of nitrogens with one attached hydrogen (secondary N) is 1. The summed E-state index contributed by atoms with van der Waals surface area (Å²) in [5, 5.41) is 0.936. The third-order valence-corrected chi connectivity index (χ3v) is 8.32. The normalized spacial score (nSPS) is 20.5. The first-order valence-corrected chi connectivity index (χ1v) is 14.6. The van der Waals surface area contributed by atoms with E-state index in [4.69, 9.17) is 4.74 Å². The molecule has 2 saturated heterocycles. The third-order valence-electron chi connectivity index (χ3n) is 8.32. The number of aromatic amines is 1. The van der Waals surface area contributed by atoms with E-state index in [2.05, 4.69) is 33.5 Å². The topological polar surface area (TPSA) is 51.8 Å². The predicted octanol–water partition coefficient (Wildman–Crippen LogP) is 5.69. The molecule has 5 rings (SSSR count). The average Bonchev–Trinajstić information content (AvgIpc) is 3.41. The molecule has 2 atom stereocenters. The molecular formula is C32H34F6N4O2. The minimum Gasteiger partial charge on any atom is -0.378 e. The highest BCUT2D eigenvalue weighted by molar-refractivity contribution is 5.95. The predicted molar refractivity (Wildman–Crippen MR) is 154 cm³/mol. The Morgan fingerprint density at radius 3 is 2.36 bits per heavy atom. The van der Waals surface area contributed by atoms with Gasteiger partial charge in [0.25, 0.3) is 5.91 Å². The molecule has 2 aromatic carbocycles. The number of nitrogens with zero attached hydrogens (tertiary/aromatic N) is 3. The molecule has 1 N–H and O–H groups in total. The van der Waals surface area contributed by atoms with E-state index >= 15 is 0 Å². The van der Waals surface area contributed by atoms with Gasteiger partial charge in [-0.2, -0.15) is 26.3 Å². The van der Waals surface area contributed by atoms with Crippen molar-refractivity contribution in [2.24, 2.45) is 0 Å². The zero-order chi connectivity index (χ0) is 31.5. The zero-order valence-corrected chi connectivity index (χ0v) is 24.3. The molecule has 1 aromatic heterocycles. The molecule has 44 heavy (non-hydrogen) atoms. The van der Waals surface area contributed by atoms with Gasteiger partial charge in [-0.15, -0.1) is 0 Å². The summed E-state index contributed by atoms with van der Waals surface area (Å²) in [6.07, 6.45) is -6.95. The van der Waals surface area contributed by atoms with Crippen LogP contribution in [0.1, 0.15) is 40.4 Å². The van der Waals surface area contributed by atoms with Crippen LogP contribution in [0.3, 0.4) is 0 Å². The van der Waals surface area contributed by atoms with Crippen LogP contribution in [0.2, 0.25) is 0 Å². The maximum atomic E-state index is 13.7. The number of para-hydroxylation sites is 1. The summed E-state index contributed by atoms with van der Waals surface area (Å²) in [6, 6.07) is 8.46. The smallest absolute Gasteiger partial charge is 0.378 e. The quantitative estimate of drug-likeness (QED) is 0.285. The molecule has 0 radical (unpaired) electrons. The molecule has 0 saturated carbocycles. The Bertz CT molecular complexity index is 1490. The number of aromatic nitrogens is 1. The van der Waals surface area contributed by atoms with Gasteiger partial charge in [0.1, 0.15) is 0 Å². The lowest BCUT2D eigenvalue weighted by molar-refractivity contribution is -0.143. The fraction of sp³-hybridized carbons (Fsp3) is 0.469. The summed E-state index contributed by atoms with van der Waals surface area (Å²) >= 11 is 0. The van der Waals surface area contributed by atoms with E-state index < -0.39 is 41.0 Å². The van der Waals surface area contributed by atoms with Crippen molar-refractivity contribution in [1.29, 1.82) is 0 Å².